The van der Waals surface area contributed by atoms with Crippen LogP contribution in [0.1, 0.15) is 30.1 Å². The molecule has 7 heteroatoms. The third-order valence-electron chi connectivity index (χ3n) is 3.53. The van der Waals surface area contributed by atoms with Crippen LogP contribution in [0.25, 0.3) is 11.2 Å². The summed E-state index contributed by atoms with van der Waals surface area (Å²) in [5.74, 6) is 1.23. The first-order valence-corrected chi connectivity index (χ1v) is 7.47. The zero-order valence-corrected chi connectivity index (χ0v) is 12.5. The molecule has 0 amide bonds. The predicted molar refractivity (Wildman–Crippen MR) is 80.7 cm³/mol. The first-order chi connectivity index (χ1) is 10.2. The molecule has 21 heavy (non-hydrogen) atoms. The van der Waals surface area contributed by atoms with Crippen LogP contribution in [0.5, 0.6) is 0 Å². The highest BCUT2D eigenvalue weighted by molar-refractivity contribution is 6.33. The summed E-state index contributed by atoms with van der Waals surface area (Å²) in [6.07, 6.45) is 2.25. The quantitative estimate of drug-likeness (QED) is 0.694. The van der Waals surface area contributed by atoms with Gasteiger partial charge >= 0.3 is 0 Å². The topological polar surface area (TPSA) is 56.5 Å². The summed E-state index contributed by atoms with van der Waals surface area (Å²) in [7, 11) is 0. The van der Waals surface area contributed by atoms with Gasteiger partial charge in [-0.3, -0.25) is 0 Å². The first kappa shape index (κ1) is 13.0. The maximum Gasteiger partial charge on any atom is 0.183 e. The molecule has 106 valence electrons. The van der Waals surface area contributed by atoms with E-state index in [1.165, 1.54) is 0 Å². The van der Waals surface area contributed by atoms with Crippen molar-refractivity contribution in [3.8, 4) is 0 Å². The molecule has 0 radical (unpaired) electrons. The van der Waals surface area contributed by atoms with Crippen molar-refractivity contribution in [2.75, 3.05) is 0 Å². The average molecular weight is 320 g/mol. The summed E-state index contributed by atoms with van der Waals surface area (Å²) in [6, 6.07) is 7.63. The number of hydrogen-bond donors (Lipinski definition) is 0. The van der Waals surface area contributed by atoms with Crippen LogP contribution in [0.4, 0.5) is 0 Å². The lowest BCUT2D eigenvalue weighted by Crippen LogP contribution is -2.04. The summed E-state index contributed by atoms with van der Waals surface area (Å²) >= 11 is 12.1. The van der Waals surface area contributed by atoms with Crippen molar-refractivity contribution in [3.63, 3.8) is 0 Å². The van der Waals surface area contributed by atoms with E-state index in [9.17, 15) is 0 Å². The van der Waals surface area contributed by atoms with Gasteiger partial charge in [0.2, 0.25) is 0 Å². The Morgan fingerprint density at radius 1 is 1.10 bits per heavy atom. The molecule has 2 heterocycles. The summed E-state index contributed by atoms with van der Waals surface area (Å²) < 4.78 is 1.75. The molecular weight excluding hydrogens is 309 g/mol. The van der Waals surface area contributed by atoms with Gasteiger partial charge in [0.05, 0.1) is 6.54 Å². The fraction of sp³-hybridized carbons (Fsp3) is 0.286. The Kier molecular flexibility index (Phi) is 3.05. The van der Waals surface area contributed by atoms with Crippen molar-refractivity contribution in [2.24, 2.45) is 0 Å². The van der Waals surface area contributed by atoms with Crippen LogP contribution < -0.4 is 0 Å². The van der Waals surface area contributed by atoms with Gasteiger partial charge in [0.1, 0.15) is 5.82 Å². The first-order valence-electron chi connectivity index (χ1n) is 6.72. The number of nitrogens with zero attached hydrogens (tertiary/aromatic N) is 5. The van der Waals surface area contributed by atoms with E-state index in [4.69, 9.17) is 23.2 Å². The second kappa shape index (κ2) is 4.93. The minimum atomic E-state index is 0.379. The molecule has 0 saturated heterocycles. The van der Waals surface area contributed by atoms with Crippen molar-refractivity contribution in [1.29, 1.82) is 0 Å². The van der Waals surface area contributed by atoms with Gasteiger partial charge in [0.15, 0.2) is 16.3 Å². The zero-order chi connectivity index (χ0) is 14.4. The fourth-order valence-corrected chi connectivity index (χ4v) is 2.57. The fourth-order valence-electron chi connectivity index (χ4n) is 2.23. The van der Waals surface area contributed by atoms with E-state index in [0.29, 0.717) is 33.8 Å². The Hall–Kier alpha value is -1.72. The Bertz CT molecular complexity index is 808. The van der Waals surface area contributed by atoms with Gasteiger partial charge in [0.25, 0.3) is 0 Å². The van der Waals surface area contributed by atoms with Crippen LogP contribution in [-0.4, -0.2) is 25.0 Å². The van der Waals surface area contributed by atoms with Crippen molar-refractivity contribution in [2.45, 2.75) is 25.3 Å². The molecule has 0 unspecified atom stereocenters. The van der Waals surface area contributed by atoms with E-state index in [-0.39, 0.29) is 0 Å². The van der Waals surface area contributed by atoms with Crippen LogP contribution in [0.15, 0.2) is 24.3 Å². The SMILES string of the molecule is Clc1ccc(Cn2nnc3c(Cl)nc(C4CC4)nc32)cc1. The minimum absolute atomic E-state index is 0.379. The largest absolute Gasteiger partial charge is 0.222 e. The number of benzene rings is 1. The lowest BCUT2D eigenvalue weighted by atomic mass is 10.2. The molecule has 4 rings (SSSR count). The van der Waals surface area contributed by atoms with Crippen LogP contribution in [0.2, 0.25) is 10.2 Å². The maximum atomic E-state index is 6.19. The van der Waals surface area contributed by atoms with Crippen molar-refractivity contribution < 1.29 is 0 Å². The molecule has 5 nitrogen and oxygen atoms in total. The molecule has 0 bridgehead atoms. The van der Waals surface area contributed by atoms with Crippen LogP contribution in [-0.2, 0) is 6.54 Å². The van der Waals surface area contributed by atoms with Crippen LogP contribution in [0, 0.1) is 0 Å². The van der Waals surface area contributed by atoms with E-state index >= 15 is 0 Å². The van der Waals surface area contributed by atoms with E-state index < -0.39 is 0 Å². The van der Waals surface area contributed by atoms with Gasteiger partial charge in [0, 0.05) is 10.9 Å². The molecule has 2 aromatic heterocycles. The number of fused-ring (bicyclic) bond motifs is 1. The molecule has 0 atom stereocenters. The summed E-state index contributed by atoms with van der Waals surface area (Å²) in [5, 5.41) is 9.31. The number of aromatic nitrogens is 5. The molecule has 1 fully saturated rings. The van der Waals surface area contributed by atoms with Crippen LogP contribution >= 0.6 is 23.2 Å². The van der Waals surface area contributed by atoms with Crippen molar-refractivity contribution >= 4 is 34.4 Å². The Morgan fingerprint density at radius 2 is 1.86 bits per heavy atom. The number of halogens is 2. The molecule has 0 N–H and O–H groups in total. The summed E-state index contributed by atoms with van der Waals surface area (Å²) in [5.41, 5.74) is 2.32. The molecule has 1 saturated carbocycles. The van der Waals surface area contributed by atoms with Gasteiger partial charge in [-0.2, -0.15) is 0 Å². The van der Waals surface area contributed by atoms with Gasteiger partial charge in [-0.05, 0) is 30.5 Å². The third-order valence-corrected chi connectivity index (χ3v) is 4.04. The third kappa shape index (κ3) is 2.47. The molecule has 1 aliphatic carbocycles. The Morgan fingerprint density at radius 3 is 2.57 bits per heavy atom. The van der Waals surface area contributed by atoms with Crippen LogP contribution in [0.3, 0.4) is 0 Å². The van der Waals surface area contributed by atoms with E-state index in [1.54, 1.807) is 4.68 Å². The average Bonchev–Trinajstić information content (AvgIpc) is 3.25. The minimum Gasteiger partial charge on any atom is -0.222 e. The second-order valence-corrected chi connectivity index (χ2v) is 5.99. The van der Waals surface area contributed by atoms with Gasteiger partial charge in [-0.1, -0.05) is 40.5 Å². The summed E-state index contributed by atoms with van der Waals surface area (Å²) in [4.78, 5) is 8.90. The number of hydrogen-bond acceptors (Lipinski definition) is 4. The smallest absolute Gasteiger partial charge is 0.183 e. The van der Waals surface area contributed by atoms with Gasteiger partial charge < -0.3 is 0 Å². The van der Waals surface area contributed by atoms with Gasteiger partial charge in [-0.25, -0.2) is 14.6 Å². The van der Waals surface area contributed by atoms with Gasteiger partial charge in [-0.15, -0.1) is 5.10 Å². The maximum absolute atomic E-state index is 6.19. The normalized spacial score (nSPS) is 14.8. The lowest BCUT2D eigenvalue weighted by molar-refractivity contribution is 0.662. The zero-order valence-electron chi connectivity index (χ0n) is 11.0. The lowest BCUT2D eigenvalue weighted by Gasteiger charge is -2.04. The highest BCUT2D eigenvalue weighted by Gasteiger charge is 2.28. The summed E-state index contributed by atoms with van der Waals surface area (Å²) in [6.45, 7) is 0.575. The molecule has 1 aliphatic rings. The molecule has 0 spiro atoms. The van der Waals surface area contributed by atoms with E-state index in [2.05, 4.69) is 20.3 Å². The standard InChI is InChI=1S/C14H11Cl2N5/c15-10-5-1-8(2-6-10)7-21-14-11(19-20-21)12(16)17-13(18-14)9-3-4-9/h1-2,5-6,9H,3-4,7H2. The van der Waals surface area contributed by atoms with E-state index in [1.807, 2.05) is 24.3 Å². The number of rotatable bonds is 3. The highest BCUT2D eigenvalue weighted by atomic mass is 35.5. The van der Waals surface area contributed by atoms with Crippen molar-refractivity contribution in [1.82, 2.24) is 25.0 Å². The van der Waals surface area contributed by atoms with Crippen molar-refractivity contribution in [3.05, 3.63) is 45.8 Å². The highest BCUT2D eigenvalue weighted by Crippen LogP contribution is 2.39. The molecular formula is C14H11Cl2N5. The Balaban J connectivity index is 1.76. The molecule has 0 aliphatic heterocycles. The van der Waals surface area contributed by atoms with E-state index in [0.717, 1.165) is 24.2 Å². The molecule has 3 aromatic rings. The predicted octanol–water partition coefficient (Wildman–Crippen LogP) is 3.45. The molecule has 1 aromatic carbocycles. The Labute approximate surface area is 130 Å². The second-order valence-electron chi connectivity index (χ2n) is 5.19. The monoisotopic (exact) mass is 319 g/mol.